The van der Waals surface area contributed by atoms with Crippen molar-refractivity contribution in [2.24, 2.45) is 11.8 Å². The molecule has 0 aromatic heterocycles. The number of amides is 1. The van der Waals surface area contributed by atoms with E-state index in [1.807, 2.05) is 13.8 Å². The van der Waals surface area contributed by atoms with Crippen LogP contribution in [0.25, 0.3) is 0 Å². The molecule has 0 saturated carbocycles. The van der Waals surface area contributed by atoms with Crippen LogP contribution in [0.1, 0.15) is 37.0 Å². The average Bonchev–Trinajstić information content (AvgIpc) is 2.37. The molecule has 0 aliphatic heterocycles. The van der Waals surface area contributed by atoms with Crippen molar-refractivity contribution in [2.75, 3.05) is 6.54 Å². The molecule has 116 valence electrons. The maximum absolute atomic E-state index is 12.1. The Morgan fingerprint density at radius 1 is 1.29 bits per heavy atom. The molecule has 1 rings (SSSR count). The molecule has 4 nitrogen and oxygen atoms in total. The van der Waals surface area contributed by atoms with Crippen molar-refractivity contribution >= 4 is 35.1 Å². The van der Waals surface area contributed by atoms with Gasteiger partial charge in [-0.3, -0.25) is 9.59 Å². The van der Waals surface area contributed by atoms with Crippen molar-refractivity contribution in [2.45, 2.75) is 26.7 Å². The van der Waals surface area contributed by atoms with Gasteiger partial charge in [0.2, 0.25) is 0 Å². The number of carboxylic acids is 1. The van der Waals surface area contributed by atoms with Gasteiger partial charge in [-0.05, 0) is 36.5 Å². The second kappa shape index (κ2) is 8.25. The number of hydrogen-bond donors (Lipinski definition) is 2. The lowest BCUT2D eigenvalue weighted by atomic mass is 9.94. The lowest BCUT2D eigenvalue weighted by Gasteiger charge is -2.18. The number of aliphatic carboxylic acids is 1. The molecule has 0 aliphatic rings. The lowest BCUT2D eigenvalue weighted by Crippen LogP contribution is -2.31. The largest absolute Gasteiger partial charge is 0.481 e. The third-order valence-electron chi connectivity index (χ3n) is 2.99. The Bertz CT molecular complexity index is 518. The summed E-state index contributed by atoms with van der Waals surface area (Å²) in [5.41, 5.74) is 0.294. The highest BCUT2D eigenvalue weighted by atomic mass is 35.5. The predicted molar refractivity (Wildman–Crippen MR) is 84.0 cm³/mol. The molecule has 0 saturated heterocycles. The molecular formula is C15H19Cl2NO3. The summed E-state index contributed by atoms with van der Waals surface area (Å²) in [5, 5.41) is 12.4. The molecule has 1 aromatic rings. The highest BCUT2D eigenvalue weighted by Gasteiger charge is 2.17. The molecule has 1 atom stereocenters. The molecule has 0 fully saturated rings. The zero-order valence-corrected chi connectivity index (χ0v) is 13.5. The van der Waals surface area contributed by atoms with E-state index in [-0.39, 0.29) is 18.2 Å². The van der Waals surface area contributed by atoms with E-state index >= 15 is 0 Å². The number of nitrogens with one attached hydrogen (secondary N) is 1. The number of benzene rings is 1. The first-order valence-corrected chi connectivity index (χ1v) is 7.50. The van der Waals surface area contributed by atoms with E-state index in [1.165, 1.54) is 6.07 Å². The van der Waals surface area contributed by atoms with Gasteiger partial charge in [0.1, 0.15) is 0 Å². The zero-order valence-electron chi connectivity index (χ0n) is 12.0. The van der Waals surface area contributed by atoms with Crippen LogP contribution in [-0.2, 0) is 4.79 Å². The molecule has 6 heteroatoms. The van der Waals surface area contributed by atoms with Gasteiger partial charge in [0.25, 0.3) is 5.91 Å². The summed E-state index contributed by atoms with van der Waals surface area (Å²) in [6.45, 7) is 4.33. The summed E-state index contributed by atoms with van der Waals surface area (Å²) in [6, 6.07) is 4.65. The van der Waals surface area contributed by atoms with Crippen LogP contribution in [0.15, 0.2) is 18.2 Å². The molecule has 0 bridgehead atoms. The van der Waals surface area contributed by atoms with E-state index in [1.54, 1.807) is 12.1 Å². The first-order chi connectivity index (χ1) is 9.79. The van der Waals surface area contributed by atoms with Crippen molar-refractivity contribution in [1.82, 2.24) is 5.32 Å². The molecule has 2 N–H and O–H groups in total. The fraction of sp³-hybridized carbons (Fsp3) is 0.467. The maximum Gasteiger partial charge on any atom is 0.303 e. The fourth-order valence-corrected chi connectivity index (χ4v) is 2.53. The third-order valence-corrected chi connectivity index (χ3v) is 3.56. The molecule has 0 spiro atoms. The van der Waals surface area contributed by atoms with Gasteiger partial charge in [-0.25, -0.2) is 0 Å². The van der Waals surface area contributed by atoms with Gasteiger partial charge in [-0.15, -0.1) is 0 Å². The predicted octanol–water partition coefficient (Wildman–Crippen LogP) is 3.86. The smallest absolute Gasteiger partial charge is 0.303 e. The second-order valence-electron chi connectivity index (χ2n) is 5.43. The first-order valence-electron chi connectivity index (χ1n) is 6.74. The third kappa shape index (κ3) is 6.36. The van der Waals surface area contributed by atoms with Crippen LogP contribution in [0.3, 0.4) is 0 Å². The Balaban J connectivity index is 2.68. The summed E-state index contributed by atoms with van der Waals surface area (Å²) in [7, 11) is 0. The van der Waals surface area contributed by atoms with Gasteiger partial charge >= 0.3 is 5.97 Å². The van der Waals surface area contributed by atoms with Crippen LogP contribution < -0.4 is 5.32 Å². The monoisotopic (exact) mass is 331 g/mol. The number of carboxylic acid groups (broad SMARTS) is 1. The quantitative estimate of drug-likeness (QED) is 0.797. The van der Waals surface area contributed by atoms with E-state index in [9.17, 15) is 9.59 Å². The topological polar surface area (TPSA) is 66.4 Å². The molecule has 0 heterocycles. The van der Waals surface area contributed by atoms with Gasteiger partial charge in [0.05, 0.1) is 10.6 Å². The number of carbonyl (C=O) groups is 2. The zero-order chi connectivity index (χ0) is 16.0. The SMILES string of the molecule is CC(C)C[C@H](CNC(=O)c1cc(Cl)ccc1Cl)CC(=O)O. The number of rotatable bonds is 7. The number of hydrogen-bond acceptors (Lipinski definition) is 2. The Morgan fingerprint density at radius 2 is 1.95 bits per heavy atom. The highest BCUT2D eigenvalue weighted by Crippen LogP contribution is 2.21. The van der Waals surface area contributed by atoms with Crippen molar-refractivity contribution in [3.05, 3.63) is 33.8 Å². The number of carbonyl (C=O) groups excluding carboxylic acids is 1. The van der Waals surface area contributed by atoms with Crippen molar-refractivity contribution < 1.29 is 14.7 Å². The van der Waals surface area contributed by atoms with E-state index in [0.717, 1.165) is 6.42 Å². The van der Waals surface area contributed by atoms with Crippen molar-refractivity contribution in [3.8, 4) is 0 Å². The minimum atomic E-state index is -0.865. The Hall–Kier alpha value is -1.26. The van der Waals surface area contributed by atoms with Crippen molar-refractivity contribution in [1.29, 1.82) is 0 Å². The molecule has 1 amide bonds. The normalized spacial score (nSPS) is 12.2. The average molecular weight is 332 g/mol. The molecule has 1 aromatic carbocycles. The standard InChI is InChI=1S/C15H19Cl2NO3/c1-9(2)5-10(6-14(19)20)8-18-15(21)12-7-11(16)3-4-13(12)17/h3-4,7,9-10H,5-6,8H2,1-2H3,(H,18,21)(H,19,20)/t10-/m0/s1. The van der Waals surface area contributed by atoms with Crippen LogP contribution >= 0.6 is 23.2 Å². The summed E-state index contributed by atoms with van der Waals surface area (Å²) in [4.78, 5) is 22.9. The Morgan fingerprint density at radius 3 is 2.52 bits per heavy atom. The summed E-state index contributed by atoms with van der Waals surface area (Å²) in [5.74, 6) is -0.956. The van der Waals surface area contributed by atoms with Gasteiger partial charge in [-0.1, -0.05) is 37.0 Å². The lowest BCUT2D eigenvalue weighted by molar-refractivity contribution is -0.138. The summed E-state index contributed by atoms with van der Waals surface area (Å²) in [6.07, 6.45) is 0.762. The van der Waals surface area contributed by atoms with E-state index < -0.39 is 5.97 Å². The molecule has 0 aliphatic carbocycles. The maximum atomic E-state index is 12.1. The molecule has 0 unspecified atom stereocenters. The van der Waals surface area contributed by atoms with E-state index in [4.69, 9.17) is 28.3 Å². The van der Waals surface area contributed by atoms with Gasteiger partial charge < -0.3 is 10.4 Å². The Labute approximate surface area is 134 Å². The Kier molecular flexibility index (Phi) is 6.99. The van der Waals surface area contributed by atoms with Gasteiger partial charge in [-0.2, -0.15) is 0 Å². The molecule has 21 heavy (non-hydrogen) atoms. The number of halogens is 2. The minimum absolute atomic E-state index is 0.0295. The second-order valence-corrected chi connectivity index (χ2v) is 6.27. The van der Waals surface area contributed by atoms with Crippen LogP contribution in [0.5, 0.6) is 0 Å². The van der Waals surface area contributed by atoms with Gasteiger partial charge in [0.15, 0.2) is 0 Å². The fourth-order valence-electron chi connectivity index (χ4n) is 2.16. The van der Waals surface area contributed by atoms with Crippen LogP contribution in [0.2, 0.25) is 10.0 Å². The van der Waals surface area contributed by atoms with E-state index in [0.29, 0.717) is 28.1 Å². The van der Waals surface area contributed by atoms with Crippen LogP contribution in [-0.4, -0.2) is 23.5 Å². The van der Waals surface area contributed by atoms with E-state index in [2.05, 4.69) is 5.32 Å². The molecular weight excluding hydrogens is 313 g/mol. The minimum Gasteiger partial charge on any atom is -0.481 e. The van der Waals surface area contributed by atoms with Crippen LogP contribution in [0, 0.1) is 11.8 Å². The highest BCUT2D eigenvalue weighted by molar-refractivity contribution is 6.35. The van der Waals surface area contributed by atoms with Gasteiger partial charge in [0, 0.05) is 18.0 Å². The molecule has 0 radical (unpaired) electrons. The van der Waals surface area contributed by atoms with Crippen LogP contribution in [0.4, 0.5) is 0 Å². The van der Waals surface area contributed by atoms with Crippen molar-refractivity contribution in [3.63, 3.8) is 0 Å². The first kappa shape index (κ1) is 17.8. The summed E-state index contributed by atoms with van der Waals surface area (Å²) >= 11 is 11.8. The summed E-state index contributed by atoms with van der Waals surface area (Å²) < 4.78 is 0.